The van der Waals surface area contributed by atoms with Crippen LogP contribution in [0.5, 0.6) is 0 Å². The van der Waals surface area contributed by atoms with Gasteiger partial charge in [-0.1, -0.05) is 18.2 Å². The van der Waals surface area contributed by atoms with Gasteiger partial charge < -0.3 is 20.0 Å². The van der Waals surface area contributed by atoms with E-state index in [1.54, 1.807) is 6.26 Å². The highest BCUT2D eigenvalue weighted by Gasteiger charge is 2.22. The van der Waals surface area contributed by atoms with Crippen molar-refractivity contribution >= 4 is 33.6 Å². The van der Waals surface area contributed by atoms with E-state index in [0.717, 1.165) is 53.5 Å². The van der Waals surface area contributed by atoms with Gasteiger partial charge in [-0.25, -0.2) is 4.98 Å². The molecule has 2 heterocycles. The van der Waals surface area contributed by atoms with Gasteiger partial charge in [-0.2, -0.15) is 4.98 Å². The number of anilines is 2. The molecule has 182 valence electrons. The zero-order valence-electron chi connectivity index (χ0n) is 20.9. The largest absolute Gasteiger partial charge is 0.463 e. The Hall–Kier alpha value is -3.45. The van der Waals surface area contributed by atoms with Gasteiger partial charge in [-0.3, -0.25) is 4.79 Å². The zero-order valence-corrected chi connectivity index (χ0v) is 20.9. The highest BCUT2D eigenvalue weighted by molar-refractivity contribution is 5.90. The lowest BCUT2D eigenvalue weighted by molar-refractivity contribution is 0.351. The fraction of sp³-hybridized carbons (Fsp3) is 0.393. The molecule has 7 nitrogen and oxygen atoms in total. The van der Waals surface area contributed by atoms with Crippen LogP contribution in [0.1, 0.15) is 42.4 Å². The van der Waals surface area contributed by atoms with E-state index in [9.17, 15) is 4.79 Å². The van der Waals surface area contributed by atoms with Gasteiger partial charge in [-0.15, -0.1) is 0 Å². The summed E-state index contributed by atoms with van der Waals surface area (Å²) < 4.78 is 5.82. The summed E-state index contributed by atoms with van der Waals surface area (Å²) >= 11 is 0. The van der Waals surface area contributed by atoms with Crippen molar-refractivity contribution in [2.75, 3.05) is 24.3 Å². The van der Waals surface area contributed by atoms with Gasteiger partial charge in [0, 0.05) is 43.7 Å². The van der Waals surface area contributed by atoms with Crippen LogP contribution >= 0.6 is 0 Å². The lowest BCUT2D eigenvalue weighted by Crippen LogP contribution is -2.37. The van der Waals surface area contributed by atoms with Gasteiger partial charge in [0.1, 0.15) is 11.4 Å². The van der Waals surface area contributed by atoms with E-state index in [0.29, 0.717) is 41.1 Å². The fourth-order valence-corrected chi connectivity index (χ4v) is 5.10. The van der Waals surface area contributed by atoms with Gasteiger partial charge in [0.25, 0.3) is 0 Å². The van der Waals surface area contributed by atoms with Crippen molar-refractivity contribution in [3.8, 4) is 0 Å². The van der Waals surface area contributed by atoms with Gasteiger partial charge >= 0.3 is 0 Å². The van der Waals surface area contributed by atoms with Crippen molar-refractivity contribution in [1.29, 1.82) is 0 Å². The minimum absolute atomic E-state index is 0.0612. The van der Waals surface area contributed by atoms with Crippen LogP contribution in [0.4, 0.5) is 11.8 Å². The van der Waals surface area contributed by atoms with Gasteiger partial charge in [0.2, 0.25) is 5.95 Å². The first-order chi connectivity index (χ1) is 16.9. The van der Waals surface area contributed by atoms with Crippen molar-refractivity contribution in [2.24, 2.45) is 0 Å². The molecule has 0 bridgehead atoms. The topological polar surface area (TPSA) is 83.3 Å². The molecule has 0 amide bonds. The smallest absolute Gasteiger partial charge is 0.225 e. The Morgan fingerprint density at radius 3 is 2.51 bits per heavy atom. The maximum absolute atomic E-state index is 13.0. The van der Waals surface area contributed by atoms with E-state index in [4.69, 9.17) is 14.4 Å². The summed E-state index contributed by atoms with van der Waals surface area (Å²) in [4.78, 5) is 24.6. The summed E-state index contributed by atoms with van der Waals surface area (Å²) in [6.45, 7) is 4.51. The summed E-state index contributed by atoms with van der Waals surface area (Å²) in [6.07, 6.45) is 5.73. The predicted octanol–water partition coefficient (Wildman–Crippen LogP) is 4.93. The molecular weight excluding hydrogens is 438 g/mol. The van der Waals surface area contributed by atoms with Crippen LogP contribution in [-0.4, -0.2) is 36.1 Å². The fourth-order valence-electron chi connectivity index (χ4n) is 5.10. The molecular formula is C28H33N5O2. The number of hydrogen-bond donors (Lipinski definition) is 2. The lowest BCUT2D eigenvalue weighted by Gasteiger charge is -2.30. The van der Waals surface area contributed by atoms with E-state index in [-0.39, 0.29) is 5.43 Å². The van der Waals surface area contributed by atoms with Crippen LogP contribution in [-0.2, 0) is 6.54 Å². The monoisotopic (exact) mass is 471 g/mol. The minimum atomic E-state index is 0.0612. The molecule has 0 saturated heterocycles. The van der Waals surface area contributed by atoms with E-state index in [1.165, 1.54) is 0 Å². The Labute approximate surface area is 205 Å². The summed E-state index contributed by atoms with van der Waals surface area (Å²) in [7, 11) is 4.02. The number of fused-ring (bicyclic) bond motifs is 2. The number of aryl methyl sites for hydroxylation is 2. The summed E-state index contributed by atoms with van der Waals surface area (Å²) in [5.74, 6) is 1.61. The molecule has 2 aromatic heterocycles. The molecule has 5 rings (SSSR count). The molecule has 1 aliphatic carbocycles. The average Bonchev–Trinajstić information content (AvgIpc) is 2.84. The van der Waals surface area contributed by atoms with Crippen LogP contribution in [0, 0.1) is 13.8 Å². The number of nitrogens with one attached hydrogen (secondary N) is 2. The van der Waals surface area contributed by atoms with Gasteiger partial charge in [0.15, 0.2) is 5.43 Å². The van der Waals surface area contributed by atoms with E-state index < -0.39 is 0 Å². The average molecular weight is 472 g/mol. The van der Waals surface area contributed by atoms with Crippen molar-refractivity contribution in [2.45, 2.75) is 58.2 Å². The highest BCUT2D eigenvalue weighted by Crippen LogP contribution is 2.26. The SMILES string of the molecule is Cc1cc(C)c2occ(CNC3CCC(Nc4nc(N(C)C)c5ccccc5n4)CC3)c(=O)c2c1. The maximum atomic E-state index is 13.0. The first-order valence-corrected chi connectivity index (χ1v) is 12.3. The van der Waals surface area contributed by atoms with Crippen molar-refractivity contribution in [1.82, 2.24) is 15.3 Å². The molecule has 0 radical (unpaired) electrons. The van der Waals surface area contributed by atoms with Crippen molar-refractivity contribution in [3.05, 3.63) is 69.6 Å². The molecule has 1 aliphatic rings. The van der Waals surface area contributed by atoms with Crippen LogP contribution in [0.2, 0.25) is 0 Å². The maximum Gasteiger partial charge on any atom is 0.225 e. The van der Waals surface area contributed by atoms with E-state index >= 15 is 0 Å². The third-order valence-electron chi connectivity index (χ3n) is 6.92. The van der Waals surface area contributed by atoms with Gasteiger partial charge in [0.05, 0.1) is 17.2 Å². The molecule has 35 heavy (non-hydrogen) atoms. The molecule has 7 heteroatoms. The lowest BCUT2D eigenvalue weighted by atomic mass is 9.91. The Bertz CT molecular complexity index is 1420. The summed E-state index contributed by atoms with van der Waals surface area (Å²) in [5, 5.41) is 8.86. The Morgan fingerprint density at radius 1 is 1.00 bits per heavy atom. The second-order valence-corrected chi connectivity index (χ2v) is 9.90. The Morgan fingerprint density at radius 2 is 1.74 bits per heavy atom. The molecule has 0 unspecified atom stereocenters. The van der Waals surface area contributed by atoms with Crippen molar-refractivity contribution < 1.29 is 4.42 Å². The number of rotatable bonds is 6. The van der Waals surface area contributed by atoms with Crippen LogP contribution < -0.4 is 21.0 Å². The predicted molar refractivity (Wildman–Crippen MR) is 142 cm³/mol. The minimum Gasteiger partial charge on any atom is -0.463 e. The molecule has 2 N–H and O–H groups in total. The van der Waals surface area contributed by atoms with Crippen LogP contribution in [0.25, 0.3) is 21.9 Å². The first kappa shape index (κ1) is 23.3. The quantitative estimate of drug-likeness (QED) is 0.412. The standard InChI is InChI=1S/C28H33N5O2/c1-17-13-18(2)26-23(14-17)25(34)19(16-35-26)15-29-20-9-11-21(12-10-20)30-28-31-24-8-6-5-7-22(24)27(32-28)33(3)4/h5-8,13-14,16,20-21,29H,9-12,15H2,1-4H3,(H,30,31,32). The normalized spacial score (nSPS) is 18.2. The van der Waals surface area contributed by atoms with E-state index in [2.05, 4.69) is 16.7 Å². The number of aromatic nitrogens is 2. The van der Waals surface area contributed by atoms with Crippen LogP contribution in [0.15, 0.2) is 51.9 Å². The molecule has 1 saturated carbocycles. The second kappa shape index (κ2) is 9.66. The first-order valence-electron chi connectivity index (χ1n) is 12.3. The Balaban J connectivity index is 1.21. The molecule has 0 spiro atoms. The van der Waals surface area contributed by atoms with E-state index in [1.807, 2.05) is 63.2 Å². The third kappa shape index (κ3) is 4.86. The van der Waals surface area contributed by atoms with Crippen molar-refractivity contribution in [3.63, 3.8) is 0 Å². The summed E-state index contributed by atoms with van der Waals surface area (Å²) in [6, 6.07) is 12.8. The molecule has 4 aromatic rings. The molecule has 1 fully saturated rings. The Kier molecular flexibility index (Phi) is 6.43. The highest BCUT2D eigenvalue weighted by atomic mass is 16.3. The molecule has 0 atom stereocenters. The molecule has 2 aromatic carbocycles. The van der Waals surface area contributed by atoms with Gasteiger partial charge in [-0.05, 0) is 68.9 Å². The zero-order chi connectivity index (χ0) is 24.5. The third-order valence-corrected chi connectivity index (χ3v) is 6.92. The number of hydrogen-bond acceptors (Lipinski definition) is 7. The molecule has 0 aliphatic heterocycles. The summed E-state index contributed by atoms with van der Waals surface area (Å²) in [5.41, 5.74) is 4.45. The number of benzene rings is 2. The number of nitrogens with zero attached hydrogens (tertiary/aromatic N) is 3. The number of para-hydroxylation sites is 1. The van der Waals surface area contributed by atoms with Crippen LogP contribution in [0.3, 0.4) is 0 Å². The second-order valence-electron chi connectivity index (χ2n) is 9.90.